The van der Waals surface area contributed by atoms with Gasteiger partial charge in [-0.05, 0) is 18.2 Å². The van der Waals surface area contributed by atoms with Gasteiger partial charge >= 0.3 is 0 Å². The number of halogens is 1. The minimum absolute atomic E-state index is 0.146. The third-order valence-corrected chi connectivity index (χ3v) is 4.08. The molecule has 0 radical (unpaired) electrons. The zero-order valence-electron chi connectivity index (χ0n) is 12.4. The van der Waals surface area contributed by atoms with Crippen LogP contribution in [0, 0.1) is 17.1 Å². The summed E-state index contributed by atoms with van der Waals surface area (Å²) in [6.07, 6.45) is 0. The van der Waals surface area contributed by atoms with Crippen LogP contribution in [0.15, 0.2) is 59.4 Å². The van der Waals surface area contributed by atoms with E-state index in [0.717, 1.165) is 11.3 Å². The largest absolute Gasteiger partial charge is 0.332 e. The minimum Gasteiger partial charge on any atom is -0.332 e. The maximum Gasteiger partial charge on any atom is 0.252 e. The first-order valence-electron chi connectivity index (χ1n) is 7.12. The summed E-state index contributed by atoms with van der Waals surface area (Å²) >= 11 is 1.49. The summed E-state index contributed by atoms with van der Waals surface area (Å²) in [5.74, 6) is -0.960. The first-order chi connectivity index (χ1) is 11.7. The third-order valence-electron chi connectivity index (χ3n) is 3.50. The lowest BCUT2D eigenvalue weighted by molar-refractivity contribution is 0.0945. The summed E-state index contributed by atoms with van der Waals surface area (Å²) in [6.45, 7) is 0. The minimum atomic E-state index is -1.04. The van der Waals surface area contributed by atoms with Crippen molar-refractivity contribution in [3.8, 4) is 17.3 Å². The topological polar surface area (TPSA) is 65.8 Å². The van der Waals surface area contributed by atoms with Crippen LogP contribution in [0.2, 0.25) is 0 Å². The van der Waals surface area contributed by atoms with Gasteiger partial charge in [-0.2, -0.15) is 5.26 Å². The second-order valence-corrected chi connectivity index (χ2v) is 5.73. The zero-order valence-corrected chi connectivity index (χ0v) is 13.3. The van der Waals surface area contributed by atoms with Gasteiger partial charge in [-0.25, -0.2) is 9.37 Å². The number of thiazole rings is 1. The summed E-state index contributed by atoms with van der Waals surface area (Å²) in [5, 5.41) is 13.7. The fourth-order valence-electron chi connectivity index (χ4n) is 2.25. The molecule has 0 aliphatic carbocycles. The van der Waals surface area contributed by atoms with Crippen molar-refractivity contribution in [2.75, 3.05) is 0 Å². The highest BCUT2D eigenvalue weighted by Gasteiger charge is 2.18. The molecular weight excluding hydrogens is 325 g/mol. The molecule has 2 aromatic carbocycles. The molecule has 0 saturated carbocycles. The number of nitrogens with zero attached hydrogens (tertiary/aromatic N) is 2. The maximum atomic E-state index is 13.8. The second kappa shape index (κ2) is 7.02. The van der Waals surface area contributed by atoms with E-state index in [-0.39, 0.29) is 5.56 Å². The Morgan fingerprint density at radius 2 is 1.96 bits per heavy atom. The summed E-state index contributed by atoms with van der Waals surface area (Å²) in [5.41, 5.74) is 4.02. The third kappa shape index (κ3) is 3.31. The molecule has 24 heavy (non-hydrogen) atoms. The second-order valence-electron chi connectivity index (χ2n) is 5.01. The van der Waals surface area contributed by atoms with Crippen LogP contribution < -0.4 is 5.32 Å². The number of amides is 1. The van der Waals surface area contributed by atoms with Gasteiger partial charge in [-0.15, -0.1) is 11.3 Å². The average Bonchev–Trinajstić information content (AvgIpc) is 3.15. The molecule has 0 aliphatic heterocycles. The van der Waals surface area contributed by atoms with Crippen molar-refractivity contribution in [3.63, 3.8) is 0 Å². The van der Waals surface area contributed by atoms with Crippen molar-refractivity contribution in [2.24, 2.45) is 0 Å². The van der Waals surface area contributed by atoms with Crippen molar-refractivity contribution in [1.82, 2.24) is 10.3 Å². The molecule has 1 heterocycles. The molecule has 1 unspecified atom stereocenters. The SMILES string of the molecule is N#CC(NC(=O)c1ccc(-c2cscn2)cc1)c1ccccc1F. The number of nitrogens with one attached hydrogen (secondary N) is 1. The number of carbonyl (C=O) groups is 1. The Labute approximate surface area is 142 Å². The van der Waals surface area contributed by atoms with Crippen LogP contribution in [0.25, 0.3) is 11.3 Å². The molecule has 1 atom stereocenters. The van der Waals surface area contributed by atoms with E-state index in [9.17, 15) is 14.4 Å². The van der Waals surface area contributed by atoms with Crippen molar-refractivity contribution in [2.45, 2.75) is 6.04 Å². The molecule has 3 rings (SSSR count). The number of carbonyl (C=O) groups excluding carboxylic acids is 1. The Hall–Kier alpha value is -3.04. The Kier molecular flexibility index (Phi) is 4.64. The molecule has 118 valence electrons. The molecule has 0 fully saturated rings. The first-order valence-corrected chi connectivity index (χ1v) is 8.07. The smallest absolute Gasteiger partial charge is 0.252 e. The lowest BCUT2D eigenvalue weighted by Crippen LogP contribution is -2.28. The molecular formula is C18H12FN3OS. The molecule has 3 aromatic rings. The first kappa shape index (κ1) is 15.8. The highest BCUT2D eigenvalue weighted by Crippen LogP contribution is 2.20. The van der Waals surface area contributed by atoms with E-state index in [2.05, 4.69) is 10.3 Å². The molecule has 4 nitrogen and oxygen atoms in total. The molecule has 0 aliphatic rings. The summed E-state index contributed by atoms with van der Waals surface area (Å²) in [6, 6.07) is 13.6. The van der Waals surface area contributed by atoms with Gasteiger partial charge in [0.2, 0.25) is 0 Å². The van der Waals surface area contributed by atoms with Gasteiger partial charge in [-0.1, -0.05) is 30.3 Å². The molecule has 0 bridgehead atoms. The number of hydrogen-bond acceptors (Lipinski definition) is 4. The van der Waals surface area contributed by atoms with Crippen LogP contribution in [0.3, 0.4) is 0 Å². The number of aromatic nitrogens is 1. The van der Waals surface area contributed by atoms with E-state index in [1.54, 1.807) is 35.8 Å². The van der Waals surface area contributed by atoms with Gasteiger partial charge in [0.05, 0.1) is 17.3 Å². The van der Waals surface area contributed by atoms with Gasteiger partial charge in [0.1, 0.15) is 11.9 Å². The van der Waals surface area contributed by atoms with Crippen LogP contribution in [-0.2, 0) is 0 Å². The van der Waals surface area contributed by atoms with E-state index in [0.29, 0.717) is 5.56 Å². The van der Waals surface area contributed by atoms with Gasteiger partial charge < -0.3 is 5.32 Å². The van der Waals surface area contributed by atoms with Crippen molar-refractivity contribution in [3.05, 3.63) is 76.4 Å². The Balaban J connectivity index is 1.77. The maximum absolute atomic E-state index is 13.8. The van der Waals surface area contributed by atoms with E-state index < -0.39 is 17.8 Å². The van der Waals surface area contributed by atoms with Crippen LogP contribution in [0.5, 0.6) is 0 Å². The van der Waals surface area contributed by atoms with E-state index in [4.69, 9.17) is 0 Å². The highest BCUT2D eigenvalue weighted by molar-refractivity contribution is 7.07. The fraction of sp³-hybridized carbons (Fsp3) is 0.0556. The standard InChI is InChI=1S/C18H12FN3OS/c19-15-4-2-1-3-14(15)16(9-20)22-18(23)13-7-5-12(6-8-13)17-10-24-11-21-17/h1-8,10-11,16H,(H,22,23). The van der Waals surface area contributed by atoms with Gasteiger partial charge in [0, 0.05) is 22.1 Å². The van der Waals surface area contributed by atoms with Crippen LogP contribution >= 0.6 is 11.3 Å². The average molecular weight is 337 g/mol. The van der Waals surface area contributed by atoms with E-state index >= 15 is 0 Å². The molecule has 1 aromatic heterocycles. The fourth-order valence-corrected chi connectivity index (χ4v) is 2.81. The van der Waals surface area contributed by atoms with E-state index in [1.807, 2.05) is 11.4 Å². The number of nitriles is 1. The highest BCUT2D eigenvalue weighted by atomic mass is 32.1. The summed E-state index contributed by atoms with van der Waals surface area (Å²) in [4.78, 5) is 16.5. The zero-order chi connectivity index (χ0) is 16.9. The van der Waals surface area contributed by atoms with Crippen molar-refractivity contribution in [1.29, 1.82) is 5.26 Å². The summed E-state index contributed by atoms with van der Waals surface area (Å²) in [7, 11) is 0. The Bertz CT molecular complexity index is 885. The molecule has 0 saturated heterocycles. The predicted molar refractivity (Wildman–Crippen MR) is 89.8 cm³/mol. The monoisotopic (exact) mass is 337 g/mol. The van der Waals surface area contributed by atoms with E-state index in [1.165, 1.54) is 29.5 Å². The summed E-state index contributed by atoms with van der Waals surface area (Å²) < 4.78 is 13.8. The number of hydrogen-bond donors (Lipinski definition) is 1. The molecule has 1 N–H and O–H groups in total. The lowest BCUT2D eigenvalue weighted by Gasteiger charge is -2.13. The molecule has 0 spiro atoms. The van der Waals surface area contributed by atoms with Crippen LogP contribution in [-0.4, -0.2) is 10.9 Å². The molecule has 1 amide bonds. The lowest BCUT2D eigenvalue weighted by atomic mass is 10.1. The normalized spacial score (nSPS) is 11.5. The predicted octanol–water partition coefficient (Wildman–Crippen LogP) is 3.94. The van der Waals surface area contributed by atoms with Gasteiger partial charge in [0.15, 0.2) is 0 Å². The Morgan fingerprint density at radius 3 is 2.58 bits per heavy atom. The Morgan fingerprint density at radius 1 is 1.21 bits per heavy atom. The number of benzene rings is 2. The molecule has 6 heteroatoms. The van der Waals surface area contributed by atoms with Crippen molar-refractivity contribution >= 4 is 17.2 Å². The van der Waals surface area contributed by atoms with Crippen molar-refractivity contribution < 1.29 is 9.18 Å². The quantitative estimate of drug-likeness (QED) is 0.784. The van der Waals surface area contributed by atoms with Gasteiger partial charge in [0.25, 0.3) is 5.91 Å². The van der Waals surface area contributed by atoms with Gasteiger partial charge in [-0.3, -0.25) is 4.79 Å². The van der Waals surface area contributed by atoms with Crippen LogP contribution in [0.4, 0.5) is 4.39 Å². The number of rotatable bonds is 4. The van der Waals surface area contributed by atoms with Crippen LogP contribution in [0.1, 0.15) is 22.0 Å².